The van der Waals surface area contributed by atoms with Crippen molar-refractivity contribution in [3.63, 3.8) is 0 Å². The summed E-state index contributed by atoms with van der Waals surface area (Å²) in [6.07, 6.45) is 4.08. The SMILES string of the molecule is Cc1cc(CCl)ccc1N(C)CC1CCCCO1. The molecule has 18 heavy (non-hydrogen) atoms. The molecule has 1 fully saturated rings. The Bertz CT molecular complexity index is 388. The molecule has 0 radical (unpaired) electrons. The lowest BCUT2D eigenvalue weighted by Crippen LogP contribution is -2.33. The van der Waals surface area contributed by atoms with Crippen LogP contribution in [0.4, 0.5) is 5.69 Å². The van der Waals surface area contributed by atoms with Crippen LogP contribution in [0.3, 0.4) is 0 Å². The minimum absolute atomic E-state index is 0.385. The molecule has 0 bridgehead atoms. The summed E-state index contributed by atoms with van der Waals surface area (Å²) >= 11 is 5.85. The first-order valence-electron chi connectivity index (χ1n) is 6.69. The number of hydrogen-bond acceptors (Lipinski definition) is 2. The molecule has 2 rings (SSSR count). The average Bonchev–Trinajstić information content (AvgIpc) is 2.39. The molecule has 1 heterocycles. The van der Waals surface area contributed by atoms with Crippen LogP contribution in [0.2, 0.25) is 0 Å². The molecule has 0 amide bonds. The van der Waals surface area contributed by atoms with Gasteiger partial charge in [0.05, 0.1) is 6.10 Å². The number of anilines is 1. The minimum atomic E-state index is 0.385. The predicted molar refractivity (Wildman–Crippen MR) is 77.6 cm³/mol. The molecule has 1 aliphatic rings. The molecule has 1 aromatic rings. The zero-order valence-electron chi connectivity index (χ0n) is 11.3. The van der Waals surface area contributed by atoms with Crippen LogP contribution < -0.4 is 4.90 Å². The fraction of sp³-hybridized carbons (Fsp3) is 0.600. The quantitative estimate of drug-likeness (QED) is 0.771. The lowest BCUT2D eigenvalue weighted by molar-refractivity contribution is 0.0216. The largest absolute Gasteiger partial charge is 0.376 e. The first-order chi connectivity index (χ1) is 8.70. The number of likely N-dealkylation sites (N-methyl/N-ethyl adjacent to an activating group) is 1. The van der Waals surface area contributed by atoms with Crippen molar-refractivity contribution in [2.24, 2.45) is 0 Å². The topological polar surface area (TPSA) is 12.5 Å². The average molecular weight is 268 g/mol. The molecule has 1 saturated heterocycles. The standard InChI is InChI=1S/C15H22ClNO/c1-12-9-13(10-16)6-7-15(12)17(2)11-14-5-3-4-8-18-14/h6-7,9,14H,3-5,8,10-11H2,1-2H3. The summed E-state index contributed by atoms with van der Waals surface area (Å²) in [7, 11) is 2.14. The van der Waals surface area contributed by atoms with Gasteiger partial charge in [-0.05, 0) is 43.4 Å². The third-order valence-electron chi connectivity index (χ3n) is 3.58. The molecule has 3 heteroatoms. The first-order valence-corrected chi connectivity index (χ1v) is 7.22. The van der Waals surface area contributed by atoms with Crippen LogP contribution in [0, 0.1) is 6.92 Å². The van der Waals surface area contributed by atoms with E-state index in [2.05, 4.69) is 37.1 Å². The molecule has 0 saturated carbocycles. The van der Waals surface area contributed by atoms with E-state index in [1.165, 1.54) is 36.1 Å². The van der Waals surface area contributed by atoms with E-state index in [0.29, 0.717) is 12.0 Å². The number of rotatable bonds is 4. The molecule has 2 nitrogen and oxygen atoms in total. The lowest BCUT2D eigenvalue weighted by atomic mass is 10.1. The van der Waals surface area contributed by atoms with E-state index >= 15 is 0 Å². The van der Waals surface area contributed by atoms with Crippen molar-refractivity contribution in [2.75, 3.05) is 25.1 Å². The molecule has 100 valence electrons. The highest BCUT2D eigenvalue weighted by molar-refractivity contribution is 6.17. The van der Waals surface area contributed by atoms with Crippen molar-refractivity contribution in [3.05, 3.63) is 29.3 Å². The summed E-state index contributed by atoms with van der Waals surface area (Å²) in [5.41, 5.74) is 3.74. The highest BCUT2D eigenvalue weighted by Crippen LogP contribution is 2.23. The van der Waals surface area contributed by atoms with Gasteiger partial charge >= 0.3 is 0 Å². The Morgan fingerprint density at radius 3 is 2.83 bits per heavy atom. The van der Waals surface area contributed by atoms with Crippen molar-refractivity contribution in [3.8, 4) is 0 Å². The third kappa shape index (κ3) is 3.39. The van der Waals surface area contributed by atoms with Crippen LogP contribution in [0.15, 0.2) is 18.2 Å². The summed E-state index contributed by atoms with van der Waals surface area (Å²) in [5, 5.41) is 0. The number of benzene rings is 1. The summed E-state index contributed by atoms with van der Waals surface area (Å²) in [5.74, 6) is 0.580. The monoisotopic (exact) mass is 267 g/mol. The number of nitrogens with zero attached hydrogens (tertiary/aromatic N) is 1. The molecule has 0 aromatic heterocycles. The Balaban J connectivity index is 2.01. The summed E-state index contributed by atoms with van der Waals surface area (Å²) in [6, 6.07) is 6.43. The van der Waals surface area contributed by atoms with Gasteiger partial charge in [-0.25, -0.2) is 0 Å². The Hall–Kier alpha value is -0.730. The van der Waals surface area contributed by atoms with Gasteiger partial charge in [-0.1, -0.05) is 12.1 Å². The van der Waals surface area contributed by atoms with E-state index in [1.807, 2.05) is 0 Å². The summed E-state index contributed by atoms with van der Waals surface area (Å²) in [4.78, 5) is 2.29. The van der Waals surface area contributed by atoms with Crippen LogP contribution in [-0.2, 0) is 10.6 Å². The van der Waals surface area contributed by atoms with Gasteiger partial charge in [0.15, 0.2) is 0 Å². The third-order valence-corrected chi connectivity index (χ3v) is 3.89. The smallest absolute Gasteiger partial charge is 0.0749 e. The number of hydrogen-bond donors (Lipinski definition) is 0. The number of aryl methyl sites for hydroxylation is 1. The van der Waals surface area contributed by atoms with Gasteiger partial charge in [0, 0.05) is 31.8 Å². The van der Waals surface area contributed by atoms with Gasteiger partial charge in [-0.15, -0.1) is 11.6 Å². The number of halogens is 1. The second-order valence-electron chi connectivity index (χ2n) is 5.12. The fourth-order valence-electron chi connectivity index (χ4n) is 2.58. The van der Waals surface area contributed by atoms with Crippen molar-refractivity contribution < 1.29 is 4.74 Å². The Morgan fingerprint density at radius 2 is 2.22 bits per heavy atom. The van der Waals surface area contributed by atoms with E-state index in [9.17, 15) is 0 Å². The maximum absolute atomic E-state index is 5.85. The van der Waals surface area contributed by atoms with Crippen LogP contribution in [0.25, 0.3) is 0 Å². The van der Waals surface area contributed by atoms with E-state index in [-0.39, 0.29) is 0 Å². The maximum Gasteiger partial charge on any atom is 0.0749 e. The van der Waals surface area contributed by atoms with E-state index in [4.69, 9.17) is 16.3 Å². The molecule has 1 atom stereocenters. The zero-order valence-corrected chi connectivity index (χ0v) is 12.0. The molecular weight excluding hydrogens is 246 g/mol. The summed E-state index contributed by atoms with van der Waals surface area (Å²) < 4.78 is 5.79. The molecule has 0 N–H and O–H groups in total. The number of ether oxygens (including phenoxy) is 1. The Kier molecular flexibility index (Phi) is 4.90. The van der Waals surface area contributed by atoms with Gasteiger partial charge in [0.1, 0.15) is 0 Å². The number of alkyl halides is 1. The molecule has 1 aliphatic heterocycles. The maximum atomic E-state index is 5.85. The molecule has 0 aliphatic carbocycles. The fourth-order valence-corrected chi connectivity index (χ4v) is 2.75. The Morgan fingerprint density at radius 1 is 1.39 bits per heavy atom. The van der Waals surface area contributed by atoms with Gasteiger partial charge < -0.3 is 9.64 Å². The van der Waals surface area contributed by atoms with Gasteiger partial charge in [0.2, 0.25) is 0 Å². The van der Waals surface area contributed by atoms with Crippen LogP contribution >= 0.6 is 11.6 Å². The van der Waals surface area contributed by atoms with Crippen molar-refractivity contribution >= 4 is 17.3 Å². The van der Waals surface area contributed by atoms with Crippen LogP contribution in [0.1, 0.15) is 30.4 Å². The van der Waals surface area contributed by atoms with Crippen molar-refractivity contribution in [1.29, 1.82) is 0 Å². The normalized spacial score (nSPS) is 19.8. The highest BCUT2D eigenvalue weighted by Gasteiger charge is 2.16. The van der Waals surface area contributed by atoms with E-state index in [1.54, 1.807) is 0 Å². The van der Waals surface area contributed by atoms with Crippen LogP contribution in [0.5, 0.6) is 0 Å². The zero-order chi connectivity index (χ0) is 13.0. The highest BCUT2D eigenvalue weighted by atomic mass is 35.5. The van der Waals surface area contributed by atoms with Gasteiger partial charge in [-0.2, -0.15) is 0 Å². The van der Waals surface area contributed by atoms with Gasteiger partial charge in [-0.3, -0.25) is 0 Å². The second-order valence-corrected chi connectivity index (χ2v) is 5.39. The molecular formula is C15H22ClNO. The van der Waals surface area contributed by atoms with Crippen molar-refractivity contribution in [1.82, 2.24) is 0 Å². The predicted octanol–water partition coefficient (Wildman–Crippen LogP) is 3.74. The van der Waals surface area contributed by atoms with Crippen LogP contribution in [-0.4, -0.2) is 26.3 Å². The van der Waals surface area contributed by atoms with Gasteiger partial charge in [0.25, 0.3) is 0 Å². The second kappa shape index (κ2) is 6.44. The van der Waals surface area contributed by atoms with E-state index in [0.717, 1.165) is 13.2 Å². The first kappa shape index (κ1) is 13.7. The molecule has 1 aromatic carbocycles. The van der Waals surface area contributed by atoms with E-state index < -0.39 is 0 Å². The molecule has 0 spiro atoms. The summed E-state index contributed by atoms with van der Waals surface area (Å²) in [6.45, 7) is 4.04. The molecule has 1 unspecified atom stereocenters. The minimum Gasteiger partial charge on any atom is -0.376 e. The van der Waals surface area contributed by atoms with Crippen molar-refractivity contribution in [2.45, 2.75) is 38.2 Å². The lowest BCUT2D eigenvalue weighted by Gasteiger charge is -2.29. The Labute approximate surface area is 115 Å².